The lowest BCUT2D eigenvalue weighted by atomic mass is 10.1. The molecule has 19 heavy (non-hydrogen) atoms. The number of hydrogen-bond acceptors (Lipinski definition) is 5. The summed E-state index contributed by atoms with van der Waals surface area (Å²) in [4.78, 5) is 3.97. The first-order chi connectivity index (χ1) is 8.92. The van der Waals surface area contributed by atoms with Crippen LogP contribution in [0.4, 0.5) is 5.95 Å². The van der Waals surface area contributed by atoms with Crippen LogP contribution < -0.4 is 9.46 Å². The molecule has 2 N–H and O–H groups in total. The Balaban J connectivity index is 2.29. The average Bonchev–Trinajstić information content (AvgIpc) is 2.79. The highest BCUT2D eigenvalue weighted by molar-refractivity contribution is 7.92. The molecule has 0 aliphatic carbocycles. The Kier molecular flexibility index (Phi) is 3.43. The number of anilines is 1. The highest BCUT2D eigenvalue weighted by Crippen LogP contribution is 2.17. The van der Waals surface area contributed by atoms with Crippen LogP contribution in [0.5, 0.6) is 6.01 Å². The molecule has 7 nitrogen and oxygen atoms in total. The first-order valence-corrected chi connectivity index (χ1v) is 6.97. The summed E-state index contributed by atoms with van der Waals surface area (Å²) in [6.45, 7) is 3.77. The highest BCUT2D eigenvalue weighted by Gasteiger charge is 2.17. The van der Waals surface area contributed by atoms with Crippen molar-refractivity contribution in [3.8, 4) is 6.01 Å². The highest BCUT2D eigenvalue weighted by atomic mass is 32.2. The second-order valence-electron chi connectivity index (χ2n) is 4.02. The monoisotopic (exact) mass is 282 g/mol. The third-order valence-corrected chi connectivity index (χ3v) is 4.00. The van der Waals surface area contributed by atoms with E-state index in [1.54, 1.807) is 12.1 Å². The second kappa shape index (κ2) is 4.88. The van der Waals surface area contributed by atoms with Gasteiger partial charge in [-0.3, -0.25) is 0 Å². The number of nitrogens with one attached hydrogen (secondary N) is 2. The molecule has 0 saturated carbocycles. The van der Waals surface area contributed by atoms with Crippen molar-refractivity contribution in [3.63, 3.8) is 0 Å². The maximum Gasteiger partial charge on any atom is 0.336 e. The minimum Gasteiger partial charge on any atom is -0.466 e. The van der Waals surface area contributed by atoms with Gasteiger partial charge in [0.15, 0.2) is 0 Å². The molecule has 1 heterocycles. The van der Waals surface area contributed by atoms with Crippen molar-refractivity contribution >= 4 is 16.0 Å². The summed E-state index contributed by atoms with van der Waals surface area (Å²) in [5, 5.41) is 6.09. The molecule has 1 aromatic carbocycles. The van der Waals surface area contributed by atoms with Crippen molar-refractivity contribution in [1.29, 1.82) is 0 Å². The maximum atomic E-state index is 12.1. The van der Waals surface area contributed by atoms with Gasteiger partial charge in [-0.1, -0.05) is 6.07 Å². The van der Waals surface area contributed by atoms with Gasteiger partial charge in [-0.25, -0.2) is 18.2 Å². The molecular weight excluding hydrogens is 268 g/mol. The molecule has 0 atom stereocenters. The lowest BCUT2D eigenvalue weighted by Gasteiger charge is -2.07. The van der Waals surface area contributed by atoms with E-state index < -0.39 is 10.0 Å². The number of aryl methyl sites for hydroxylation is 2. The molecule has 0 amide bonds. The Morgan fingerprint density at radius 2 is 2.00 bits per heavy atom. The largest absolute Gasteiger partial charge is 0.466 e. The summed E-state index contributed by atoms with van der Waals surface area (Å²) in [5.74, 6) is 0.00933. The van der Waals surface area contributed by atoms with Crippen molar-refractivity contribution in [1.82, 2.24) is 15.2 Å². The van der Waals surface area contributed by atoms with Gasteiger partial charge in [-0.15, -0.1) is 5.10 Å². The summed E-state index contributed by atoms with van der Waals surface area (Å²) in [6.07, 6.45) is 0. The maximum absolute atomic E-state index is 12.1. The van der Waals surface area contributed by atoms with Crippen LogP contribution in [0.3, 0.4) is 0 Å². The number of hydrogen-bond donors (Lipinski definition) is 2. The van der Waals surface area contributed by atoms with Crippen molar-refractivity contribution < 1.29 is 13.2 Å². The molecule has 0 unspecified atom stereocenters. The molecule has 0 fully saturated rings. The van der Waals surface area contributed by atoms with Crippen LogP contribution in [-0.4, -0.2) is 30.7 Å². The zero-order valence-electron chi connectivity index (χ0n) is 10.8. The lowest BCUT2D eigenvalue weighted by Crippen LogP contribution is -2.14. The minimum absolute atomic E-state index is 0.00933. The number of sulfonamides is 1. The van der Waals surface area contributed by atoms with Crippen LogP contribution in [0.2, 0.25) is 0 Å². The lowest BCUT2D eigenvalue weighted by molar-refractivity contribution is 0.382. The quantitative estimate of drug-likeness (QED) is 0.879. The third kappa shape index (κ3) is 2.84. The smallest absolute Gasteiger partial charge is 0.336 e. The van der Waals surface area contributed by atoms with Crippen LogP contribution in [0.15, 0.2) is 23.1 Å². The molecule has 0 aliphatic rings. The Bertz CT molecular complexity index is 694. The van der Waals surface area contributed by atoms with Crippen molar-refractivity contribution in [2.45, 2.75) is 18.7 Å². The predicted octanol–water partition coefficient (Wildman–Crippen LogP) is 1.23. The van der Waals surface area contributed by atoms with Crippen LogP contribution in [0.25, 0.3) is 0 Å². The van der Waals surface area contributed by atoms with E-state index in [4.69, 9.17) is 4.74 Å². The van der Waals surface area contributed by atoms with E-state index >= 15 is 0 Å². The predicted molar refractivity (Wildman–Crippen MR) is 69.7 cm³/mol. The number of nitrogens with zero attached hydrogens (tertiary/aromatic N) is 2. The van der Waals surface area contributed by atoms with Gasteiger partial charge in [0.05, 0.1) is 12.0 Å². The van der Waals surface area contributed by atoms with Crippen molar-refractivity contribution in [3.05, 3.63) is 29.3 Å². The van der Waals surface area contributed by atoms with E-state index in [2.05, 4.69) is 19.9 Å². The molecule has 2 aromatic rings. The van der Waals surface area contributed by atoms with E-state index in [9.17, 15) is 8.42 Å². The Morgan fingerprint density at radius 3 is 2.58 bits per heavy atom. The van der Waals surface area contributed by atoms with Crippen LogP contribution in [0, 0.1) is 13.8 Å². The number of H-pyrrole nitrogens is 1. The number of aromatic amines is 1. The molecule has 8 heteroatoms. The van der Waals surface area contributed by atoms with Gasteiger partial charge in [0.1, 0.15) is 0 Å². The van der Waals surface area contributed by atoms with Gasteiger partial charge in [0.2, 0.25) is 5.95 Å². The van der Waals surface area contributed by atoms with Gasteiger partial charge in [0.25, 0.3) is 10.0 Å². The fraction of sp³-hybridized carbons (Fsp3) is 0.273. The SMILES string of the molecule is COc1n[nH]c(NS(=O)(=O)c2ccc(C)c(C)c2)n1. The van der Waals surface area contributed by atoms with Gasteiger partial charge in [0, 0.05) is 0 Å². The summed E-state index contributed by atoms with van der Waals surface area (Å²) in [7, 11) is -2.29. The zero-order valence-corrected chi connectivity index (χ0v) is 11.6. The molecule has 0 bridgehead atoms. The van der Waals surface area contributed by atoms with Crippen LogP contribution in [0.1, 0.15) is 11.1 Å². The fourth-order valence-electron chi connectivity index (χ4n) is 1.45. The van der Waals surface area contributed by atoms with Crippen LogP contribution in [-0.2, 0) is 10.0 Å². The Morgan fingerprint density at radius 1 is 1.26 bits per heavy atom. The summed E-state index contributed by atoms with van der Waals surface area (Å²) in [5.41, 5.74) is 1.93. The first kappa shape index (κ1) is 13.3. The van der Waals surface area contributed by atoms with Gasteiger partial charge < -0.3 is 4.74 Å². The molecule has 1 aromatic heterocycles. The zero-order chi connectivity index (χ0) is 14.0. The number of methoxy groups -OCH3 is 1. The van der Waals surface area contributed by atoms with Crippen LogP contribution >= 0.6 is 0 Å². The van der Waals surface area contributed by atoms with E-state index in [0.29, 0.717) is 0 Å². The Hall–Kier alpha value is -2.09. The molecule has 0 radical (unpaired) electrons. The summed E-state index contributed by atoms with van der Waals surface area (Å²) >= 11 is 0. The average molecular weight is 282 g/mol. The molecule has 102 valence electrons. The molecule has 0 saturated heterocycles. The van der Waals surface area contributed by atoms with Crippen molar-refractivity contribution in [2.24, 2.45) is 0 Å². The fourth-order valence-corrected chi connectivity index (χ4v) is 2.49. The topological polar surface area (TPSA) is 97.0 Å². The third-order valence-electron chi connectivity index (χ3n) is 2.67. The van der Waals surface area contributed by atoms with E-state index in [1.807, 2.05) is 13.8 Å². The summed E-state index contributed by atoms with van der Waals surface area (Å²) < 4.78 is 31.3. The number of rotatable bonds is 4. The van der Waals surface area contributed by atoms with E-state index in [1.165, 1.54) is 13.2 Å². The number of aromatic nitrogens is 3. The summed E-state index contributed by atoms with van der Waals surface area (Å²) in [6, 6.07) is 4.96. The first-order valence-electron chi connectivity index (χ1n) is 5.49. The Labute approximate surface area is 111 Å². The minimum atomic E-state index is -3.69. The van der Waals surface area contributed by atoms with Gasteiger partial charge in [-0.05, 0) is 37.1 Å². The molecule has 2 rings (SSSR count). The standard InChI is InChI=1S/C11H14N4O3S/c1-7-4-5-9(6-8(7)2)19(16,17)15-10-12-11(18-3)14-13-10/h4-6H,1-3H3,(H2,12,13,14,15). The number of benzene rings is 1. The second-order valence-corrected chi connectivity index (χ2v) is 5.70. The molecule has 0 aliphatic heterocycles. The van der Waals surface area contributed by atoms with Crippen molar-refractivity contribution in [2.75, 3.05) is 11.8 Å². The molecule has 0 spiro atoms. The van der Waals surface area contributed by atoms with E-state index in [-0.39, 0.29) is 16.9 Å². The van der Waals surface area contributed by atoms with Gasteiger partial charge in [-0.2, -0.15) is 4.98 Å². The number of ether oxygens (including phenoxy) is 1. The normalized spacial score (nSPS) is 11.3. The molecular formula is C11H14N4O3S. The van der Waals surface area contributed by atoms with Gasteiger partial charge >= 0.3 is 6.01 Å². The van der Waals surface area contributed by atoms with E-state index in [0.717, 1.165) is 11.1 Å².